The molecule has 1 heterocycles. The summed E-state index contributed by atoms with van der Waals surface area (Å²) >= 11 is 0. The fraction of sp³-hybridized carbons (Fsp3) is 0.818. The smallest absolute Gasteiger partial charge is 0.410 e. The molecule has 0 aliphatic carbocycles. The molecule has 5 heteroatoms. The normalized spacial score (nSPS) is 20.7. The molecule has 0 spiro atoms. The summed E-state index contributed by atoms with van der Waals surface area (Å²) < 4.78 is 5.26. The van der Waals surface area contributed by atoms with Crippen molar-refractivity contribution in [2.75, 3.05) is 19.6 Å². The number of hydrogen-bond donors (Lipinski definition) is 1. The SMILES string of the molecule is CC(C)(C)OC(=O)N1CCC(CN[C]=O)C1. The first kappa shape index (κ1) is 12.8. The molecule has 91 valence electrons. The first-order chi connectivity index (χ1) is 7.42. The Hall–Kier alpha value is -1.26. The van der Waals surface area contributed by atoms with E-state index in [2.05, 4.69) is 5.32 Å². The molecule has 1 unspecified atom stereocenters. The van der Waals surface area contributed by atoms with Gasteiger partial charge in [0.2, 0.25) is 0 Å². The zero-order chi connectivity index (χ0) is 12.2. The van der Waals surface area contributed by atoms with Gasteiger partial charge in [0, 0.05) is 19.6 Å². The van der Waals surface area contributed by atoms with Gasteiger partial charge in [0.25, 0.3) is 0 Å². The number of hydrogen-bond acceptors (Lipinski definition) is 3. The number of nitrogens with zero attached hydrogens (tertiary/aromatic N) is 1. The minimum atomic E-state index is -0.454. The Balaban J connectivity index is 2.35. The van der Waals surface area contributed by atoms with Crippen LogP contribution in [-0.2, 0) is 9.53 Å². The number of amides is 2. The number of ether oxygens (including phenoxy) is 1. The monoisotopic (exact) mass is 227 g/mol. The molecule has 1 radical (unpaired) electrons. The van der Waals surface area contributed by atoms with E-state index in [-0.39, 0.29) is 6.09 Å². The van der Waals surface area contributed by atoms with Crippen molar-refractivity contribution >= 4 is 12.5 Å². The lowest BCUT2D eigenvalue weighted by atomic mass is 10.1. The molecule has 1 N–H and O–H groups in total. The maximum absolute atomic E-state index is 11.7. The molecule has 0 aromatic rings. The standard InChI is InChI=1S/C11H19N2O3/c1-11(2,3)16-10(15)13-5-4-9(7-13)6-12-8-14/h9H,4-7H2,1-3H3,(H,12,14). The van der Waals surface area contributed by atoms with Gasteiger partial charge in [0.1, 0.15) is 5.60 Å². The fourth-order valence-electron chi connectivity index (χ4n) is 1.68. The van der Waals surface area contributed by atoms with Gasteiger partial charge in [-0.05, 0) is 33.1 Å². The molecule has 0 aromatic heterocycles. The van der Waals surface area contributed by atoms with Crippen LogP contribution in [-0.4, -0.2) is 42.6 Å². The predicted octanol–water partition coefficient (Wildman–Crippen LogP) is 0.900. The molecule has 1 rings (SSSR count). The molecular weight excluding hydrogens is 208 g/mol. The van der Waals surface area contributed by atoms with Gasteiger partial charge < -0.3 is 15.0 Å². The highest BCUT2D eigenvalue weighted by Crippen LogP contribution is 2.18. The Morgan fingerprint density at radius 3 is 2.81 bits per heavy atom. The molecule has 2 amide bonds. The summed E-state index contributed by atoms with van der Waals surface area (Å²) in [5.41, 5.74) is -0.454. The molecule has 0 saturated carbocycles. The topological polar surface area (TPSA) is 58.6 Å². The zero-order valence-corrected chi connectivity index (χ0v) is 10.1. The van der Waals surface area contributed by atoms with Crippen LogP contribution in [0.3, 0.4) is 0 Å². The second kappa shape index (κ2) is 5.18. The Kier molecular flexibility index (Phi) is 4.15. The van der Waals surface area contributed by atoms with E-state index in [1.807, 2.05) is 20.8 Å². The van der Waals surface area contributed by atoms with Crippen molar-refractivity contribution in [1.29, 1.82) is 0 Å². The second-order valence-electron chi connectivity index (χ2n) is 5.06. The Morgan fingerprint density at radius 1 is 1.56 bits per heavy atom. The Labute approximate surface area is 96.1 Å². The number of likely N-dealkylation sites (tertiary alicyclic amines) is 1. The van der Waals surface area contributed by atoms with Crippen molar-refractivity contribution in [3.63, 3.8) is 0 Å². The van der Waals surface area contributed by atoms with Gasteiger partial charge in [-0.1, -0.05) is 0 Å². The van der Waals surface area contributed by atoms with Crippen molar-refractivity contribution < 1.29 is 14.3 Å². The van der Waals surface area contributed by atoms with Gasteiger partial charge in [-0.15, -0.1) is 0 Å². The molecule has 1 fully saturated rings. The summed E-state index contributed by atoms with van der Waals surface area (Å²) in [7, 11) is 0. The molecule has 0 aromatic carbocycles. The van der Waals surface area contributed by atoms with Crippen LogP contribution in [0.1, 0.15) is 27.2 Å². The Morgan fingerprint density at radius 2 is 2.25 bits per heavy atom. The first-order valence-corrected chi connectivity index (χ1v) is 5.50. The summed E-state index contributed by atoms with van der Waals surface area (Å²) in [5.74, 6) is 0.314. The van der Waals surface area contributed by atoms with E-state index in [1.54, 1.807) is 11.3 Å². The number of carbonyl (C=O) groups excluding carboxylic acids is 2. The van der Waals surface area contributed by atoms with E-state index in [0.29, 0.717) is 25.6 Å². The molecular formula is C11H19N2O3. The van der Waals surface area contributed by atoms with Crippen LogP contribution >= 0.6 is 0 Å². The van der Waals surface area contributed by atoms with E-state index >= 15 is 0 Å². The van der Waals surface area contributed by atoms with Crippen LogP contribution in [0.4, 0.5) is 4.79 Å². The van der Waals surface area contributed by atoms with E-state index in [1.165, 1.54) is 0 Å². The predicted molar refractivity (Wildman–Crippen MR) is 59.6 cm³/mol. The molecule has 1 aliphatic heterocycles. The molecule has 0 bridgehead atoms. The van der Waals surface area contributed by atoms with Crippen LogP contribution in [0.5, 0.6) is 0 Å². The van der Waals surface area contributed by atoms with Crippen LogP contribution in [0, 0.1) is 5.92 Å². The summed E-state index contributed by atoms with van der Waals surface area (Å²) in [4.78, 5) is 23.4. The summed E-state index contributed by atoms with van der Waals surface area (Å²) in [6.45, 7) is 7.45. The van der Waals surface area contributed by atoms with E-state index in [9.17, 15) is 9.59 Å². The summed E-state index contributed by atoms with van der Waals surface area (Å²) in [5, 5.41) is 2.51. The third-order valence-corrected chi connectivity index (χ3v) is 2.40. The van der Waals surface area contributed by atoms with Crippen molar-refractivity contribution in [3.05, 3.63) is 0 Å². The maximum Gasteiger partial charge on any atom is 0.410 e. The lowest BCUT2D eigenvalue weighted by Crippen LogP contribution is -2.36. The fourth-order valence-corrected chi connectivity index (χ4v) is 1.68. The summed E-state index contributed by atoms with van der Waals surface area (Å²) in [6, 6.07) is 0. The van der Waals surface area contributed by atoms with Crippen LogP contribution < -0.4 is 5.32 Å². The van der Waals surface area contributed by atoms with E-state index < -0.39 is 5.60 Å². The Bertz CT molecular complexity index is 260. The number of rotatable bonds is 3. The van der Waals surface area contributed by atoms with Gasteiger partial charge >= 0.3 is 12.5 Å². The number of nitrogens with one attached hydrogen (secondary N) is 1. The molecule has 1 saturated heterocycles. The highest BCUT2D eigenvalue weighted by molar-refractivity contribution is 5.68. The van der Waals surface area contributed by atoms with Crippen molar-refractivity contribution in [2.24, 2.45) is 5.92 Å². The van der Waals surface area contributed by atoms with Gasteiger partial charge in [-0.3, -0.25) is 4.79 Å². The van der Waals surface area contributed by atoms with Gasteiger partial charge in [-0.2, -0.15) is 0 Å². The van der Waals surface area contributed by atoms with Crippen molar-refractivity contribution in [3.8, 4) is 0 Å². The molecule has 1 aliphatic rings. The van der Waals surface area contributed by atoms with Gasteiger partial charge in [0.05, 0.1) is 0 Å². The van der Waals surface area contributed by atoms with Gasteiger partial charge in [0.15, 0.2) is 0 Å². The van der Waals surface area contributed by atoms with E-state index in [4.69, 9.17) is 4.74 Å². The van der Waals surface area contributed by atoms with Crippen LogP contribution in [0.15, 0.2) is 0 Å². The minimum Gasteiger partial charge on any atom is -0.444 e. The van der Waals surface area contributed by atoms with Crippen LogP contribution in [0.25, 0.3) is 0 Å². The average Bonchev–Trinajstić information content (AvgIpc) is 2.60. The summed E-state index contributed by atoms with van der Waals surface area (Å²) in [6.07, 6.45) is 2.27. The molecule has 1 atom stereocenters. The molecule has 5 nitrogen and oxygen atoms in total. The highest BCUT2D eigenvalue weighted by atomic mass is 16.6. The third-order valence-electron chi connectivity index (χ3n) is 2.40. The number of carbonyl (C=O) groups is 1. The van der Waals surface area contributed by atoms with Crippen molar-refractivity contribution in [2.45, 2.75) is 32.8 Å². The lowest BCUT2D eigenvalue weighted by Gasteiger charge is -2.24. The molecule has 16 heavy (non-hydrogen) atoms. The zero-order valence-electron chi connectivity index (χ0n) is 10.1. The maximum atomic E-state index is 11.7. The second-order valence-corrected chi connectivity index (χ2v) is 5.06. The average molecular weight is 227 g/mol. The first-order valence-electron chi connectivity index (χ1n) is 5.50. The third kappa shape index (κ3) is 4.08. The van der Waals surface area contributed by atoms with Crippen molar-refractivity contribution in [1.82, 2.24) is 10.2 Å². The lowest BCUT2D eigenvalue weighted by molar-refractivity contribution is 0.0288. The van der Waals surface area contributed by atoms with Crippen LogP contribution in [0.2, 0.25) is 0 Å². The largest absolute Gasteiger partial charge is 0.444 e. The quantitative estimate of drug-likeness (QED) is 0.729. The van der Waals surface area contributed by atoms with E-state index in [0.717, 1.165) is 6.42 Å². The highest BCUT2D eigenvalue weighted by Gasteiger charge is 2.29. The van der Waals surface area contributed by atoms with Gasteiger partial charge in [-0.25, -0.2) is 4.79 Å². The minimum absolute atomic E-state index is 0.273.